The predicted molar refractivity (Wildman–Crippen MR) is 97.2 cm³/mol. The number of nitrogens with one attached hydrogen (secondary N) is 1. The molecular formula is C16H17N3O3S2. The first-order valence-electron chi connectivity index (χ1n) is 7.50. The van der Waals surface area contributed by atoms with Gasteiger partial charge in [0, 0.05) is 25.7 Å². The third-order valence-corrected chi connectivity index (χ3v) is 5.21. The minimum absolute atomic E-state index is 0.0980. The summed E-state index contributed by atoms with van der Waals surface area (Å²) >= 11 is 6.39. The number of ether oxygens (including phenoxy) is 1. The van der Waals surface area contributed by atoms with E-state index in [2.05, 4.69) is 5.43 Å². The van der Waals surface area contributed by atoms with E-state index in [1.807, 2.05) is 17.1 Å². The fraction of sp³-hybridized carbons (Fsp3) is 0.312. The van der Waals surface area contributed by atoms with Gasteiger partial charge in [-0.25, -0.2) is 5.01 Å². The van der Waals surface area contributed by atoms with Crippen LogP contribution in [0, 0.1) is 0 Å². The van der Waals surface area contributed by atoms with E-state index < -0.39 is 0 Å². The van der Waals surface area contributed by atoms with Crippen molar-refractivity contribution in [1.82, 2.24) is 15.3 Å². The summed E-state index contributed by atoms with van der Waals surface area (Å²) in [5.41, 5.74) is 4.29. The highest BCUT2D eigenvalue weighted by atomic mass is 32.2. The maximum Gasteiger partial charge on any atom is 0.265 e. The number of likely N-dealkylation sites (N-methyl/N-ethyl adjacent to an activating group) is 1. The van der Waals surface area contributed by atoms with E-state index in [0.29, 0.717) is 41.1 Å². The van der Waals surface area contributed by atoms with Crippen LogP contribution >= 0.6 is 24.0 Å². The molecule has 2 aliphatic rings. The number of carbonyl (C=O) groups is 2. The average Bonchev–Trinajstić information content (AvgIpc) is 2.83. The zero-order chi connectivity index (χ0) is 17.1. The summed E-state index contributed by atoms with van der Waals surface area (Å²) in [4.78, 5) is 26.2. The molecule has 2 saturated heterocycles. The molecule has 0 saturated carbocycles. The number of thioether (sulfide) groups is 1. The molecule has 0 radical (unpaired) electrons. The second kappa shape index (κ2) is 7.43. The zero-order valence-corrected chi connectivity index (χ0v) is 14.8. The molecule has 1 aromatic carbocycles. The number of amides is 2. The van der Waals surface area contributed by atoms with Gasteiger partial charge in [0.25, 0.3) is 11.8 Å². The van der Waals surface area contributed by atoms with Crippen molar-refractivity contribution in [3.63, 3.8) is 0 Å². The number of thiocarbonyl (C=S) groups is 1. The van der Waals surface area contributed by atoms with Crippen LogP contribution in [0.3, 0.4) is 0 Å². The van der Waals surface area contributed by atoms with E-state index in [1.165, 1.54) is 16.7 Å². The van der Waals surface area contributed by atoms with Crippen LogP contribution in [0.4, 0.5) is 0 Å². The van der Waals surface area contributed by atoms with Gasteiger partial charge in [0.1, 0.15) is 4.32 Å². The summed E-state index contributed by atoms with van der Waals surface area (Å²) in [6.07, 6.45) is 1.78. The monoisotopic (exact) mass is 363 g/mol. The van der Waals surface area contributed by atoms with Crippen LogP contribution in [-0.4, -0.2) is 59.4 Å². The quantitative estimate of drug-likeness (QED) is 0.649. The molecule has 2 aliphatic heterocycles. The van der Waals surface area contributed by atoms with Crippen molar-refractivity contribution in [1.29, 1.82) is 0 Å². The number of rotatable bonds is 3. The Bertz CT molecular complexity index is 697. The first-order chi connectivity index (χ1) is 11.5. The molecule has 2 heterocycles. The van der Waals surface area contributed by atoms with Crippen LogP contribution in [0.2, 0.25) is 0 Å². The van der Waals surface area contributed by atoms with Crippen molar-refractivity contribution in [3.8, 4) is 0 Å². The summed E-state index contributed by atoms with van der Waals surface area (Å²) in [6, 6.07) is 7.12. The van der Waals surface area contributed by atoms with E-state index in [4.69, 9.17) is 17.0 Å². The van der Waals surface area contributed by atoms with Crippen molar-refractivity contribution < 1.29 is 14.3 Å². The van der Waals surface area contributed by atoms with E-state index in [0.717, 1.165) is 5.56 Å². The van der Waals surface area contributed by atoms with E-state index in [9.17, 15) is 9.59 Å². The molecule has 1 aromatic rings. The van der Waals surface area contributed by atoms with Crippen LogP contribution in [0.5, 0.6) is 0 Å². The number of benzene rings is 1. The number of nitrogens with zero attached hydrogens (tertiary/aromatic N) is 2. The molecule has 2 amide bonds. The number of morpholine rings is 1. The summed E-state index contributed by atoms with van der Waals surface area (Å²) in [5, 5.41) is 1.85. The minimum Gasteiger partial charge on any atom is -0.379 e. The fourth-order valence-electron chi connectivity index (χ4n) is 2.31. The lowest BCUT2D eigenvalue weighted by molar-refractivity contribution is -0.121. The lowest BCUT2D eigenvalue weighted by Gasteiger charge is -2.26. The smallest absolute Gasteiger partial charge is 0.265 e. The van der Waals surface area contributed by atoms with Crippen molar-refractivity contribution in [2.75, 3.05) is 33.4 Å². The van der Waals surface area contributed by atoms with E-state index in [1.54, 1.807) is 25.3 Å². The number of hydrogen-bond donors (Lipinski definition) is 1. The molecule has 2 fully saturated rings. The molecule has 0 spiro atoms. The highest BCUT2D eigenvalue weighted by Crippen LogP contribution is 2.31. The van der Waals surface area contributed by atoms with Gasteiger partial charge in [-0.2, -0.15) is 0 Å². The Morgan fingerprint density at radius 3 is 2.54 bits per heavy atom. The fourth-order valence-corrected chi connectivity index (χ4v) is 3.49. The lowest BCUT2D eigenvalue weighted by Crippen LogP contribution is -2.48. The standard InChI is InChI=1S/C16H17N3O3S2/c1-18-15(21)13(24-16(18)23)10-11-2-4-12(5-3-11)14(20)17-19-6-8-22-9-7-19/h2-5,10H,6-9H2,1H3,(H,17,20)/b13-10+. The predicted octanol–water partition coefficient (Wildman–Crippen LogP) is 1.49. The van der Waals surface area contributed by atoms with Crippen molar-refractivity contribution in [2.45, 2.75) is 0 Å². The maximum absolute atomic E-state index is 12.2. The third-order valence-electron chi connectivity index (χ3n) is 3.73. The molecule has 8 heteroatoms. The van der Waals surface area contributed by atoms with Crippen molar-refractivity contribution >= 4 is 46.2 Å². The van der Waals surface area contributed by atoms with E-state index in [-0.39, 0.29) is 11.8 Å². The first kappa shape index (κ1) is 17.1. The molecule has 0 aromatic heterocycles. The second-order valence-electron chi connectivity index (χ2n) is 5.40. The van der Waals surface area contributed by atoms with Gasteiger partial charge in [-0.1, -0.05) is 36.1 Å². The van der Waals surface area contributed by atoms with Crippen LogP contribution in [-0.2, 0) is 9.53 Å². The van der Waals surface area contributed by atoms with Gasteiger partial charge >= 0.3 is 0 Å². The molecule has 6 nitrogen and oxygen atoms in total. The lowest BCUT2D eigenvalue weighted by atomic mass is 10.1. The van der Waals surface area contributed by atoms with Gasteiger partial charge < -0.3 is 4.74 Å². The maximum atomic E-state index is 12.2. The molecule has 0 bridgehead atoms. The minimum atomic E-state index is -0.150. The Morgan fingerprint density at radius 2 is 1.96 bits per heavy atom. The zero-order valence-electron chi connectivity index (χ0n) is 13.2. The third kappa shape index (κ3) is 3.84. The Morgan fingerprint density at radius 1 is 1.29 bits per heavy atom. The van der Waals surface area contributed by atoms with Crippen molar-refractivity contribution in [2.24, 2.45) is 0 Å². The van der Waals surface area contributed by atoms with Crippen molar-refractivity contribution in [3.05, 3.63) is 40.3 Å². The van der Waals surface area contributed by atoms with Crippen LogP contribution in [0.1, 0.15) is 15.9 Å². The summed E-state index contributed by atoms with van der Waals surface area (Å²) in [5.74, 6) is -0.248. The van der Waals surface area contributed by atoms with Gasteiger partial charge in [0.15, 0.2) is 0 Å². The highest BCUT2D eigenvalue weighted by Gasteiger charge is 2.28. The van der Waals surface area contributed by atoms with Crippen LogP contribution < -0.4 is 5.43 Å². The summed E-state index contributed by atoms with van der Waals surface area (Å²) in [7, 11) is 1.66. The van der Waals surface area contributed by atoms with E-state index >= 15 is 0 Å². The molecular weight excluding hydrogens is 346 g/mol. The van der Waals surface area contributed by atoms with Gasteiger partial charge in [0.05, 0.1) is 18.1 Å². The normalized spacial score (nSPS) is 20.7. The molecule has 0 unspecified atom stereocenters. The van der Waals surface area contributed by atoms with Gasteiger partial charge in [-0.3, -0.25) is 19.9 Å². The Hall–Kier alpha value is -1.74. The van der Waals surface area contributed by atoms with Crippen LogP contribution in [0.25, 0.3) is 6.08 Å². The molecule has 1 N–H and O–H groups in total. The largest absolute Gasteiger partial charge is 0.379 e. The van der Waals surface area contributed by atoms with Crippen LogP contribution in [0.15, 0.2) is 29.2 Å². The van der Waals surface area contributed by atoms with Gasteiger partial charge in [-0.15, -0.1) is 0 Å². The number of hydrazine groups is 1. The second-order valence-corrected chi connectivity index (χ2v) is 7.08. The molecule has 3 rings (SSSR count). The molecule has 126 valence electrons. The average molecular weight is 363 g/mol. The molecule has 0 atom stereocenters. The number of hydrogen-bond acceptors (Lipinski definition) is 6. The summed E-state index contributed by atoms with van der Waals surface area (Å²) in [6.45, 7) is 2.61. The highest BCUT2D eigenvalue weighted by molar-refractivity contribution is 8.26. The molecule has 24 heavy (non-hydrogen) atoms. The topological polar surface area (TPSA) is 61.9 Å². The first-order valence-corrected chi connectivity index (χ1v) is 8.72. The Balaban J connectivity index is 1.66. The van der Waals surface area contributed by atoms with Gasteiger partial charge in [-0.05, 0) is 23.8 Å². The Kier molecular flexibility index (Phi) is 5.30. The number of carbonyl (C=O) groups excluding carboxylic acids is 2. The Labute approximate surface area is 149 Å². The summed E-state index contributed by atoms with van der Waals surface area (Å²) < 4.78 is 5.80. The van der Waals surface area contributed by atoms with Gasteiger partial charge in [0.2, 0.25) is 0 Å². The molecule has 0 aliphatic carbocycles. The SMILES string of the molecule is CN1C(=O)/C(=C\c2ccc(C(=O)NN3CCOCC3)cc2)SC1=S.